The summed E-state index contributed by atoms with van der Waals surface area (Å²) >= 11 is 5.02. The van der Waals surface area contributed by atoms with Gasteiger partial charge in [0.05, 0.1) is 3.79 Å². The van der Waals surface area contributed by atoms with Crippen LogP contribution in [0.5, 0.6) is 0 Å². The predicted octanol–water partition coefficient (Wildman–Crippen LogP) is 2.06. The number of halogens is 1. The second kappa shape index (κ2) is 5.63. The van der Waals surface area contributed by atoms with E-state index < -0.39 is 0 Å². The third-order valence-corrected chi connectivity index (χ3v) is 3.75. The first kappa shape index (κ1) is 12.7. The minimum atomic E-state index is -0.0999. The molecule has 0 aliphatic rings. The molecule has 1 aromatic heterocycles. The van der Waals surface area contributed by atoms with E-state index >= 15 is 0 Å². The number of hydrogen-bond donors (Lipinski definition) is 1. The molecule has 1 rings (SSSR count). The highest BCUT2D eigenvalue weighted by Crippen LogP contribution is 2.21. The van der Waals surface area contributed by atoms with Crippen molar-refractivity contribution >= 4 is 33.2 Å². The Balaban J connectivity index is 2.55. The first-order valence-electron chi connectivity index (χ1n) is 4.72. The average molecular weight is 291 g/mol. The monoisotopic (exact) mass is 290 g/mol. The maximum absolute atomic E-state index is 11.7. The fourth-order valence-corrected chi connectivity index (χ4v) is 2.46. The van der Waals surface area contributed by atoms with Crippen molar-refractivity contribution in [2.24, 2.45) is 11.7 Å². The van der Waals surface area contributed by atoms with Crippen molar-refractivity contribution in [3.63, 3.8) is 0 Å². The maximum atomic E-state index is 11.7. The molecule has 5 heteroatoms. The Hall–Kier alpha value is -0.390. The molecule has 0 saturated heterocycles. The Kier molecular flexibility index (Phi) is 4.76. The van der Waals surface area contributed by atoms with E-state index in [1.54, 1.807) is 23.3 Å². The molecular formula is C10H15BrN2OS. The smallest absolute Gasteiger partial charge is 0.226 e. The average Bonchev–Trinajstić information content (AvgIpc) is 2.61. The zero-order chi connectivity index (χ0) is 11.4. The number of rotatable bonds is 4. The van der Waals surface area contributed by atoms with E-state index in [9.17, 15) is 4.79 Å². The zero-order valence-corrected chi connectivity index (χ0v) is 11.3. The molecule has 0 radical (unpaired) electrons. The van der Waals surface area contributed by atoms with Crippen molar-refractivity contribution in [2.45, 2.75) is 13.5 Å². The van der Waals surface area contributed by atoms with Crippen molar-refractivity contribution in [3.8, 4) is 0 Å². The highest BCUT2D eigenvalue weighted by Gasteiger charge is 2.16. The molecule has 0 spiro atoms. The lowest BCUT2D eigenvalue weighted by atomic mass is 10.1. The largest absolute Gasteiger partial charge is 0.341 e. The van der Waals surface area contributed by atoms with E-state index in [0.717, 1.165) is 9.35 Å². The van der Waals surface area contributed by atoms with Crippen LogP contribution >= 0.6 is 27.3 Å². The second-order valence-electron chi connectivity index (χ2n) is 3.59. The number of hydrogen-bond acceptors (Lipinski definition) is 3. The summed E-state index contributed by atoms with van der Waals surface area (Å²) in [7, 11) is 1.81. The lowest BCUT2D eigenvalue weighted by Crippen LogP contribution is -2.34. The lowest BCUT2D eigenvalue weighted by Gasteiger charge is -2.19. The van der Waals surface area contributed by atoms with Gasteiger partial charge in [0.15, 0.2) is 0 Å². The normalized spacial score (nSPS) is 12.5. The molecular weight excluding hydrogens is 276 g/mol. The van der Waals surface area contributed by atoms with Crippen LogP contribution < -0.4 is 5.73 Å². The van der Waals surface area contributed by atoms with Crippen LogP contribution in [0.4, 0.5) is 0 Å². The zero-order valence-electron chi connectivity index (χ0n) is 8.87. The van der Waals surface area contributed by atoms with E-state index in [4.69, 9.17) is 5.73 Å². The molecule has 0 aliphatic heterocycles. The number of thiophene rings is 1. The molecule has 0 saturated carbocycles. The van der Waals surface area contributed by atoms with Crippen LogP contribution in [0, 0.1) is 5.92 Å². The minimum Gasteiger partial charge on any atom is -0.341 e. The third kappa shape index (κ3) is 3.59. The summed E-state index contributed by atoms with van der Waals surface area (Å²) in [5, 5.41) is 2.04. The fraction of sp³-hybridized carbons (Fsp3) is 0.500. The SMILES string of the molecule is CC(CN)C(=O)N(C)Cc1csc(Br)c1. The van der Waals surface area contributed by atoms with Gasteiger partial charge in [-0.2, -0.15) is 0 Å². The summed E-state index contributed by atoms with van der Waals surface area (Å²) in [4.78, 5) is 13.4. The molecule has 0 aliphatic carbocycles. The topological polar surface area (TPSA) is 46.3 Å². The molecule has 1 heterocycles. The van der Waals surface area contributed by atoms with Crippen LogP contribution in [0.3, 0.4) is 0 Å². The molecule has 0 aromatic carbocycles. The van der Waals surface area contributed by atoms with E-state index in [1.807, 2.05) is 18.4 Å². The van der Waals surface area contributed by atoms with Crippen LogP contribution in [0.2, 0.25) is 0 Å². The summed E-state index contributed by atoms with van der Waals surface area (Å²) in [6, 6.07) is 2.03. The Labute approximate surface area is 102 Å². The van der Waals surface area contributed by atoms with Crippen LogP contribution in [0.1, 0.15) is 12.5 Å². The molecule has 1 atom stereocenters. The Morgan fingerprint density at radius 1 is 1.73 bits per heavy atom. The predicted molar refractivity (Wildman–Crippen MR) is 66.7 cm³/mol. The Morgan fingerprint density at radius 2 is 2.40 bits per heavy atom. The number of nitrogens with zero attached hydrogens (tertiary/aromatic N) is 1. The van der Waals surface area contributed by atoms with Gasteiger partial charge in [-0.15, -0.1) is 11.3 Å². The first-order valence-corrected chi connectivity index (χ1v) is 6.39. The van der Waals surface area contributed by atoms with Crippen LogP contribution in [0.25, 0.3) is 0 Å². The quantitative estimate of drug-likeness (QED) is 0.923. The minimum absolute atomic E-state index is 0.0971. The Morgan fingerprint density at radius 3 is 2.87 bits per heavy atom. The molecule has 1 unspecified atom stereocenters. The van der Waals surface area contributed by atoms with Gasteiger partial charge in [-0.3, -0.25) is 4.79 Å². The van der Waals surface area contributed by atoms with Crippen molar-refractivity contribution in [1.29, 1.82) is 0 Å². The molecule has 84 valence electrons. The molecule has 3 nitrogen and oxygen atoms in total. The molecule has 2 N–H and O–H groups in total. The molecule has 1 aromatic rings. The van der Waals surface area contributed by atoms with E-state index in [2.05, 4.69) is 15.9 Å². The molecule has 0 fully saturated rings. The van der Waals surface area contributed by atoms with Gasteiger partial charge < -0.3 is 10.6 Å². The van der Waals surface area contributed by atoms with Crippen LogP contribution in [0.15, 0.2) is 15.2 Å². The number of amides is 1. The molecule has 1 amide bonds. The van der Waals surface area contributed by atoms with Crippen molar-refractivity contribution in [3.05, 3.63) is 20.8 Å². The molecule has 15 heavy (non-hydrogen) atoms. The number of carbonyl (C=O) groups is 1. The van der Waals surface area contributed by atoms with E-state index in [-0.39, 0.29) is 11.8 Å². The number of nitrogens with two attached hydrogens (primary N) is 1. The maximum Gasteiger partial charge on any atom is 0.226 e. The van der Waals surface area contributed by atoms with Gasteiger partial charge in [-0.25, -0.2) is 0 Å². The standard InChI is InChI=1S/C10H15BrN2OS/c1-7(4-12)10(14)13(2)5-8-3-9(11)15-6-8/h3,6-7H,4-5,12H2,1-2H3. The van der Waals surface area contributed by atoms with Gasteiger partial charge in [0.25, 0.3) is 0 Å². The summed E-state index contributed by atoms with van der Waals surface area (Å²) in [6.07, 6.45) is 0. The summed E-state index contributed by atoms with van der Waals surface area (Å²) in [5.74, 6) is -0.00287. The third-order valence-electron chi connectivity index (χ3n) is 2.19. The van der Waals surface area contributed by atoms with Crippen LogP contribution in [-0.2, 0) is 11.3 Å². The van der Waals surface area contributed by atoms with Crippen molar-refractivity contribution in [1.82, 2.24) is 4.90 Å². The van der Waals surface area contributed by atoms with Crippen molar-refractivity contribution in [2.75, 3.05) is 13.6 Å². The highest BCUT2D eigenvalue weighted by molar-refractivity contribution is 9.11. The highest BCUT2D eigenvalue weighted by atomic mass is 79.9. The van der Waals surface area contributed by atoms with Gasteiger partial charge in [-0.05, 0) is 32.9 Å². The van der Waals surface area contributed by atoms with Crippen molar-refractivity contribution < 1.29 is 4.79 Å². The van der Waals surface area contributed by atoms with Gasteiger partial charge in [0, 0.05) is 26.1 Å². The van der Waals surface area contributed by atoms with Gasteiger partial charge in [0.2, 0.25) is 5.91 Å². The van der Waals surface area contributed by atoms with Gasteiger partial charge in [0.1, 0.15) is 0 Å². The first-order chi connectivity index (χ1) is 7.04. The summed E-state index contributed by atoms with van der Waals surface area (Å²) in [6.45, 7) is 2.89. The lowest BCUT2D eigenvalue weighted by molar-refractivity contribution is -0.133. The summed E-state index contributed by atoms with van der Waals surface area (Å²) < 4.78 is 1.09. The molecule has 0 bridgehead atoms. The van der Waals surface area contributed by atoms with Gasteiger partial charge >= 0.3 is 0 Å². The second-order valence-corrected chi connectivity index (χ2v) is 5.88. The van der Waals surface area contributed by atoms with Crippen LogP contribution in [-0.4, -0.2) is 24.4 Å². The van der Waals surface area contributed by atoms with Gasteiger partial charge in [-0.1, -0.05) is 6.92 Å². The van der Waals surface area contributed by atoms with E-state index in [1.165, 1.54) is 0 Å². The number of carbonyl (C=O) groups excluding carboxylic acids is 1. The fourth-order valence-electron chi connectivity index (χ4n) is 1.26. The Bertz CT molecular complexity index is 340. The van der Waals surface area contributed by atoms with E-state index in [0.29, 0.717) is 13.1 Å². The summed E-state index contributed by atoms with van der Waals surface area (Å²) in [5.41, 5.74) is 6.60.